The highest BCUT2D eigenvalue weighted by atomic mass is 16.7. The minimum atomic E-state index is -1.02. The number of carboxylic acid groups (broad SMARTS) is 1. The molecule has 126 valence electrons. The van der Waals surface area contributed by atoms with E-state index in [2.05, 4.69) is 4.84 Å². The summed E-state index contributed by atoms with van der Waals surface area (Å²) in [5.74, 6) is -3.08. The van der Waals surface area contributed by atoms with Gasteiger partial charge in [-0.3, -0.25) is 14.4 Å². The Morgan fingerprint density at radius 1 is 1.05 bits per heavy atom. The number of carbonyl (C=O) groups excluding carboxylic acids is 3. The molecule has 0 radical (unpaired) electrons. The van der Waals surface area contributed by atoms with Crippen LogP contribution in [0.3, 0.4) is 0 Å². The van der Waals surface area contributed by atoms with Gasteiger partial charge in [-0.25, -0.2) is 4.79 Å². The van der Waals surface area contributed by atoms with E-state index in [4.69, 9.17) is 15.3 Å². The summed E-state index contributed by atoms with van der Waals surface area (Å²) in [5.41, 5.74) is 0. The molecule has 0 aromatic rings. The molecular weight excluding hydrogens is 286 g/mol. The second-order valence-electron chi connectivity index (χ2n) is 3.07. The number of carbonyl (C=O) groups is 4. The monoisotopic (exact) mass is 311 g/mol. The van der Waals surface area contributed by atoms with Gasteiger partial charge in [-0.05, 0) is 0 Å². The zero-order valence-electron chi connectivity index (χ0n) is 9.37. The van der Waals surface area contributed by atoms with Crippen LogP contribution in [0.25, 0.3) is 0 Å². The second kappa shape index (κ2) is 14.4. The summed E-state index contributed by atoms with van der Waals surface area (Å²) >= 11 is 0. The van der Waals surface area contributed by atoms with E-state index < -0.39 is 30.4 Å². The third-order valence-corrected chi connectivity index (χ3v) is 1.65. The number of aliphatic hydroxyl groups excluding tert-OH is 2. The fraction of sp³-hybridized carbons (Fsp3) is 0.667. The van der Waals surface area contributed by atoms with Crippen LogP contribution in [-0.2, 0) is 24.0 Å². The topological polar surface area (TPSA) is 141 Å². The summed E-state index contributed by atoms with van der Waals surface area (Å²) in [6.45, 7) is -1.12. The maximum absolute atomic E-state index is 10.8. The molecule has 9 heteroatoms. The molecule has 1 heterocycles. The van der Waals surface area contributed by atoms with Crippen molar-refractivity contribution in [3.8, 4) is 0 Å². The number of nitrogens with zero attached hydrogens (tertiary/aromatic N) is 1. The van der Waals surface area contributed by atoms with Crippen molar-refractivity contribution in [2.45, 2.75) is 41.5 Å². The summed E-state index contributed by atoms with van der Waals surface area (Å²) in [5, 5.41) is 24.2. The molecular formula is C12H25NO8. The summed E-state index contributed by atoms with van der Waals surface area (Å²) in [6.07, 6.45) is -0.0465. The summed E-state index contributed by atoms with van der Waals surface area (Å²) in [6, 6.07) is 0. The normalized spacial score (nSPS) is 12.0. The fourth-order valence-electron chi connectivity index (χ4n) is 0.884. The van der Waals surface area contributed by atoms with Gasteiger partial charge in [0.25, 0.3) is 11.8 Å². The van der Waals surface area contributed by atoms with Gasteiger partial charge in [-0.2, -0.15) is 0 Å². The first-order valence-corrected chi connectivity index (χ1v) is 4.92. The first kappa shape index (κ1) is 27.4. The van der Waals surface area contributed by atoms with Gasteiger partial charge >= 0.3 is 11.9 Å². The smallest absolute Gasteiger partial charge is 0.358 e. The number of hydroxylamine groups is 2. The SMILES string of the molecule is C.C.C.O=C(CO)ON1C(=O)CCC1=O.O=C(O)CCO. The zero-order chi connectivity index (χ0) is 14.1. The maximum atomic E-state index is 10.8. The molecule has 0 unspecified atom stereocenters. The predicted octanol–water partition coefficient (Wildman–Crippen LogP) is -0.0524. The summed E-state index contributed by atoms with van der Waals surface area (Å²) in [4.78, 5) is 45.7. The average molecular weight is 311 g/mol. The molecule has 0 spiro atoms. The van der Waals surface area contributed by atoms with Gasteiger partial charge in [0.2, 0.25) is 0 Å². The maximum Gasteiger partial charge on any atom is 0.358 e. The highest BCUT2D eigenvalue weighted by molar-refractivity contribution is 6.01. The van der Waals surface area contributed by atoms with E-state index in [9.17, 15) is 19.2 Å². The molecule has 1 saturated heterocycles. The minimum Gasteiger partial charge on any atom is -0.481 e. The van der Waals surface area contributed by atoms with E-state index in [0.29, 0.717) is 5.06 Å². The van der Waals surface area contributed by atoms with Crippen molar-refractivity contribution < 1.29 is 39.3 Å². The third kappa shape index (κ3) is 11.5. The zero-order valence-corrected chi connectivity index (χ0v) is 9.37. The van der Waals surface area contributed by atoms with Crippen LogP contribution in [0.1, 0.15) is 41.5 Å². The summed E-state index contributed by atoms with van der Waals surface area (Å²) in [7, 11) is 0. The number of rotatable bonds is 4. The van der Waals surface area contributed by atoms with Crippen LogP contribution in [0.5, 0.6) is 0 Å². The van der Waals surface area contributed by atoms with Crippen molar-refractivity contribution in [3.63, 3.8) is 0 Å². The average Bonchev–Trinajstić information content (AvgIpc) is 2.61. The number of carboxylic acids is 1. The van der Waals surface area contributed by atoms with Gasteiger partial charge in [0.1, 0.15) is 6.61 Å². The number of hydrogen-bond donors (Lipinski definition) is 3. The molecule has 0 bridgehead atoms. The van der Waals surface area contributed by atoms with Crippen LogP contribution < -0.4 is 0 Å². The highest BCUT2D eigenvalue weighted by Gasteiger charge is 2.32. The number of aliphatic hydroxyl groups is 2. The Morgan fingerprint density at radius 2 is 1.48 bits per heavy atom. The van der Waals surface area contributed by atoms with Crippen LogP contribution in [0.4, 0.5) is 0 Å². The molecule has 3 N–H and O–H groups in total. The Hall–Kier alpha value is -2.00. The van der Waals surface area contributed by atoms with Crippen LogP contribution in [0.2, 0.25) is 0 Å². The number of amides is 2. The lowest BCUT2D eigenvalue weighted by molar-refractivity contribution is -0.199. The van der Waals surface area contributed by atoms with E-state index in [-0.39, 0.29) is 48.1 Å². The van der Waals surface area contributed by atoms with Crippen molar-refractivity contribution in [3.05, 3.63) is 0 Å². The van der Waals surface area contributed by atoms with Crippen LogP contribution >= 0.6 is 0 Å². The van der Waals surface area contributed by atoms with Gasteiger partial charge in [-0.15, -0.1) is 5.06 Å². The van der Waals surface area contributed by atoms with Gasteiger partial charge in [-0.1, -0.05) is 22.3 Å². The molecule has 0 aliphatic carbocycles. The van der Waals surface area contributed by atoms with Gasteiger partial charge in [0.05, 0.1) is 13.0 Å². The van der Waals surface area contributed by atoms with Crippen molar-refractivity contribution in [2.75, 3.05) is 13.2 Å². The van der Waals surface area contributed by atoms with E-state index in [1.807, 2.05) is 0 Å². The first-order valence-electron chi connectivity index (χ1n) is 4.92. The largest absolute Gasteiger partial charge is 0.481 e. The van der Waals surface area contributed by atoms with Crippen molar-refractivity contribution in [1.29, 1.82) is 0 Å². The standard InChI is InChI=1S/C6H7NO5.C3H6O3.3CH4/c8-3-6(11)12-7-4(9)1-2-5(7)10;4-2-1-3(5)6;;;/h8H,1-3H2;4H,1-2H2,(H,5,6);3*1H4. The van der Waals surface area contributed by atoms with Gasteiger partial charge < -0.3 is 20.2 Å². The number of imide groups is 1. The minimum absolute atomic E-state index is 0. The predicted molar refractivity (Wildman–Crippen MR) is 73.8 cm³/mol. The number of hydrogen-bond acceptors (Lipinski definition) is 7. The highest BCUT2D eigenvalue weighted by Crippen LogP contribution is 2.11. The first-order chi connectivity index (χ1) is 8.42. The molecule has 0 atom stereocenters. The van der Waals surface area contributed by atoms with E-state index in [0.717, 1.165) is 0 Å². The molecule has 0 saturated carbocycles. The van der Waals surface area contributed by atoms with Crippen molar-refractivity contribution in [2.24, 2.45) is 0 Å². The Bertz CT molecular complexity index is 326. The van der Waals surface area contributed by atoms with E-state index in [1.54, 1.807) is 0 Å². The molecule has 2 amide bonds. The van der Waals surface area contributed by atoms with Gasteiger partial charge in [0, 0.05) is 12.8 Å². The lowest BCUT2D eigenvalue weighted by Gasteiger charge is -2.10. The van der Waals surface area contributed by atoms with Crippen molar-refractivity contribution in [1.82, 2.24) is 5.06 Å². The van der Waals surface area contributed by atoms with Crippen LogP contribution in [0, 0.1) is 0 Å². The number of aliphatic carboxylic acids is 1. The Kier molecular flexibility index (Phi) is 18.8. The van der Waals surface area contributed by atoms with E-state index >= 15 is 0 Å². The van der Waals surface area contributed by atoms with Crippen LogP contribution in [-0.4, -0.2) is 57.3 Å². The Labute approximate surface area is 124 Å². The molecule has 1 rings (SSSR count). The quantitative estimate of drug-likeness (QED) is 0.613. The molecule has 0 aromatic heterocycles. The van der Waals surface area contributed by atoms with E-state index in [1.165, 1.54) is 0 Å². The second-order valence-corrected chi connectivity index (χ2v) is 3.07. The van der Waals surface area contributed by atoms with Crippen molar-refractivity contribution >= 4 is 23.8 Å². The Morgan fingerprint density at radius 3 is 1.71 bits per heavy atom. The van der Waals surface area contributed by atoms with Crippen LogP contribution in [0.15, 0.2) is 0 Å². The third-order valence-electron chi connectivity index (χ3n) is 1.65. The lowest BCUT2D eigenvalue weighted by atomic mass is 10.4. The van der Waals surface area contributed by atoms with Gasteiger partial charge in [0.15, 0.2) is 0 Å². The lowest BCUT2D eigenvalue weighted by Crippen LogP contribution is -2.33. The molecule has 9 nitrogen and oxygen atoms in total. The molecule has 1 fully saturated rings. The Balaban J connectivity index is -0.000000142. The molecule has 21 heavy (non-hydrogen) atoms. The molecule has 1 aliphatic heterocycles. The summed E-state index contributed by atoms with van der Waals surface area (Å²) < 4.78 is 0. The molecule has 0 aromatic carbocycles. The fourth-order valence-corrected chi connectivity index (χ4v) is 0.884. The molecule has 1 aliphatic rings.